The van der Waals surface area contributed by atoms with E-state index >= 15 is 0 Å². The Hall–Kier alpha value is -0.880. The molecule has 6 heteroatoms. The lowest BCUT2D eigenvalue weighted by Crippen LogP contribution is -2.40. The largest absolute Gasteiger partial charge is 0.480 e. The number of ether oxygens (including phenoxy) is 1. The van der Waals surface area contributed by atoms with Gasteiger partial charge in [-0.3, -0.25) is 0 Å². The van der Waals surface area contributed by atoms with E-state index in [-0.39, 0.29) is 5.75 Å². The monoisotopic (exact) mass is 251 g/mol. The number of benzene rings is 1. The molecule has 0 aliphatic rings. The lowest BCUT2D eigenvalue weighted by atomic mass is 10.3. The van der Waals surface area contributed by atoms with E-state index in [0.29, 0.717) is 0 Å². The second kappa shape index (κ2) is 5.45. The molecular formula is C10H12F3NOS. The van der Waals surface area contributed by atoms with Gasteiger partial charge in [-0.25, -0.2) is 0 Å². The van der Waals surface area contributed by atoms with Gasteiger partial charge < -0.3 is 10.5 Å². The van der Waals surface area contributed by atoms with Crippen molar-refractivity contribution in [3.05, 3.63) is 24.3 Å². The zero-order valence-electron chi connectivity index (χ0n) is 8.62. The average molecular weight is 251 g/mol. The van der Waals surface area contributed by atoms with Crippen LogP contribution in [0.4, 0.5) is 13.2 Å². The van der Waals surface area contributed by atoms with Crippen molar-refractivity contribution in [2.24, 2.45) is 5.73 Å². The molecule has 0 spiro atoms. The van der Waals surface area contributed by atoms with Crippen molar-refractivity contribution in [1.29, 1.82) is 0 Å². The van der Waals surface area contributed by atoms with E-state index in [1.165, 1.54) is 23.9 Å². The molecule has 0 saturated heterocycles. The van der Waals surface area contributed by atoms with Gasteiger partial charge >= 0.3 is 6.18 Å². The lowest BCUT2D eigenvalue weighted by Gasteiger charge is -2.20. The van der Waals surface area contributed by atoms with Gasteiger partial charge in [0.1, 0.15) is 5.75 Å². The third kappa shape index (κ3) is 3.61. The van der Waals surface area contributed by atoms with Crippen LogP contribution < -0.4 is 10.5 Å². The molecule has 0 amide bonds. The van der Waals surface area contributed by atoms with Crippen molar-refractivity contribution in [3.8, 4) is 5.75 Å². The van der Waals surface area contributed by atoms with E-state index in [4.69, 9.17) is 10.5 Å². The van der Waals surface area contributed by atoms with Gasteiger partial charge in [0.05, 0.1) is 0 Å². The highest BCUT2D eigenvalue weighted by atomic mass is 32.2. The zero-order valence-corrected chi connectivity index (χ0v) is 9.44. The molecule has 2 N–H and O–H groups in total. The molecule has 90 valence electrons. The molecule has 0 heterocycles. The first-order valence-corrected chi connectivity index (χ1v) is 5.77. The van der Waals surface area contributed by atoms with E-state index in [0.717, 1.165) is 4.90 Å². The van der Waals surface area contributed by atoms with Crippen molar-refractivity contribution in [2.75, 3.05) is 12.8 Å². The van der Waals surface area contributed by atoms with Crippen LogP contribution in [-0.4, -0.2) is 25.1 Å². The van der Waals surface area contributed by atoms with Crippen molar-refractivity contribution in [2.45, 2.75) is 17.2 Å². The van der Waals surface area contributed by atoms with Crippen molar-refractivity contribution in [1.82, 2.24) is 0 Å². The Morgan fingerprint density at radius 1 is 1.31 bits per heavy atom. The number of rotatable bonds is 4. The van der Waals surface area contributed by atoms with Gasteiger partial charge in [0.15, 0.2) is 0 Å². The van der Waals surface area contributed by atoms with E-state index in [9.17, 15) is 13.2 Å². The molecule has 0 aromatic heterocycles. The first kappa shape index (κ1) is 13.2. The zero-order chi connectivity index (χ0) is 12.2. The molecular weight excluding hydrogens is 239 g/mol. The van der Waals surface area contributed by atoms with Crippen LogP contribution in [0, 0.1) is 0 Å². The van der Waals surface area contributed by atoms with Crippen LogP contribution in [-0.2, 0) is 0 Å². The number of thioether (sulfide) groups is 1. The molecule has 1 rings (SSSR count). The number of alkyl halides is 3. The minimum atomic E-state index is -4.44. The molecule has 2 nitrogen and oxygen atoms in total. The second-order valence-corrected chi connectivity index (χ2v) is 3.94. The number of halogens is 3. The molecule has 16 heavy (non-hydrogen) atoms. The molecule has 0 fully saturated rings. The van der Waals surface area contributed by atoms with Crippen molar-refractivity contribution in [3.63, 3.8) is 0 Å². The quantitative estimate of drug-likeness (QED) is 0.836. The summed E-state index contributed by atoms with van der Waals surface area (Å²) >= 11 is 1.51. The van der Waals surface area contributed by atoms with Gasteiger partial charge in [0, 0.05) is 11.4 Å². The Morgan fingerprint density at radius 2 is 1.88 bits per heavy atom. The summed E-state index contributed by atoms with van der Waals surface area (Å²) in [6.45, 7) is -0.590. The molecule has 0 radical (unpaired) electrons. The minimum Gasteiger partial charge on any atom is -0.480 e. The van der Waals surface area contributed by atoms with Crippen LogP contribution in [0.15, 0.2) is 29.2 Å². The second-order valence-electron chi connectivity index (χ2n) is 3.06. The van der Waals surface area contributed by atoms with Crippen LogP contribution in [0.1, 0.15) is 0 Å². The Kier molecular flexibility index (Phi) is 4.49. The predicted octanol–water partition coefficient (Wildman–Crippen LogP) is 2.68. The Labute approximate surface area is 96.0 Å². The molecule has 1 unspecified atom stereocenters. The topological polar surface area (TPSA) is 35.2 Å². The van der Waals surface area contributed by atoms with Crippen LogP contribution in [0.3, 0.4) is 0 Å². The van der Waals surface area contributed by atoms with Gasteiger partial charge in [-0.15, -0.1) is 11.8 Å². The Morgan fingerprint density at radius 3 is 2.25 bits per heavy atom. The third-order valence-corrected chi connectivity index (χ3v) is 2.66. The highest BCUT2D eigenvalue weighted by Crippen LogP contribution is 2.26. The summed E-state index contributed by atoms with van der Waals surface area (Å²) < 4.78 is 41.8. The van der Waals surface area contributed by atoms with E-state index < -0.39 is 18.8 Å². The molecule has 0 bridgehead atoms. The SMILES string of the molecule is CSc1ccc(OC(CN)C(F)(F)F)cc1. The average Bonchev–Trinajstić information content (AvgIpc) is 2.25. The van der Waals surface area contributed by atoms with Gasteiger partial charge in [0.25, 0.3) is 0 Å². The summed E-state index contributed by atoms with van der Waals surface area (Å²) in [7, 11) is 0. The summed E-state index contributed by atoms with van der Waals surface area (Å²) in [6.07, 6.45) is -4.51. The standard InChI is InChI=1S/C10H12F3NOS/c1-16-8-4-2-7(3-5-8)15-9(6-14)10(11,12)13/h2-5,9H,6,14H2,1H3. The van der Waals surface area contributed by atoms with Gasteiger partial charge in [-0.2, -0.15) is 13.2 Å². The predicted molar refractivity (Wildman–Crippen MR) is 57.7 cm³/mol. The Bertz CT molecular complexity index is 326. The first-order chi connectivity index (χ1) is 7.47. The van der Waals surface area contributed by atoms with Gasteiger partial charge in [-0.1, -0.05) is 0 Å². The normalized spacial score (nSPS) is 13.6. The molecule has 0 aliphatic heterocycles. The third-order valence-electron chi connectivity index (χ3n) is 1.92. The maximum Gasteiger partial charge on any atom is 0.426 e. The maximum atomic E-state index is 12.3. The highest BCUT2D eigenvalue weighted by Gasteiger charge is 2.40. The van der Waals surface area contributed by atoms with Crippen LogP contribution in [0.2, 0.25) is 0 Å². The fourth-order valence-electron chi connectivity index (χ4n) is 1.07. The summed E-state index contributed by atoms with van der Waals surface area (Å²) in [4.78, 5) is 0.962. The maximum absolute atomic E-state index is 12.3. The fraction of sp³-hybridized carbons (Fsp3) is 0.400. The van der Waals surface area contributed by atoms with E-state index in [1.807, 2.05) is 6.26 Å². The minimum absolute atomic E-state index is 0.172. The van der Waals surface area contributed by atoms with E-state index in [2.05, 4.69) is 0 Å². The van der Waals surface area contributed by atoms with Crippen LogP contribution >= 0.6 is 11.8 Å². The first-order valence-electron chi connectivity index (χ1n) is 4.55. The summed E-state index contributed by atoms with van der Waals surface area (Å²) in [6, 6.07) is 6.40. The summed E-state index contributed by atoms with van der Waals surface area (Å²) in [5.41, 5.74) is 5.01. The summed E-state index contributed by atoms with van der Waals surface area (Å²) in [5, 5.41) is 0. The molecule has 1 atom stereocenters. The molecule has 1 aromatic carbocycles. The number of nitrogens with two attached hydrogens (primary N) is 1. The lowest BCUT2D eigenvalue weighted by molar-refractivity contribution is -0.191. The number of hydrogen-bond donors (Lipinski definition) is 1. The number of hydrogen-bond acceptors (Lipinski definition) is 3. The Balaban J connectivity index is 2.71. The van der Waals surface area contributed by atoms with Crippen LogP contribution in [0.25, 0.3) is 0 Å². The summed E-state index contributed by atoms with van der Waals surface area (Å²) in [5.74, 6) is 0.172. The molecule has 0 aliphatic carbocycles. The fourth-order valence-corrected chi connectivity index (χ4v) is 1.48. The van der Waals surface area contributed by atoms with Crippen molar-refractivity contribution >= 4 is 11.8 Å². The van der Waals surface area contributed by atoms with E-state index in [1.54, 1.807) is 12.1 Å². The van der Waals surface area contributed by atoms with Gasteiger partial charge in [0.2, 0.25) is 6.10 Å². The smallest absolute Gasteiger partial charge is 0.426 e. The van der Waals surface area contributed by atoms with Crippen LogP contribution in [0.5, 0.6) is 5.75 Å². The van der Waals surface area contributed by atoms with Gasteiger partial charge in [-0.05, 0) is 30.5 Å². The molecule has 0 saturated carbocycles. The molecule has 1 aromatic rings. The highest BCUT2D eigenvalue weighted by molar-refractivity contribution is 7.98. The van der Waals surface area contributed by atoms with Crippen molar-refractivity contribution < 1.29 is 17.9 Å².